The maximum Gasteiger partial charge on any atom is 0.329 e. The van der Waals surface area contributed by atoms with Crippen LogP contribution in [0.2, 0.25) is 0 Å². The molecule has 1 aromatic heterocycles. The summed E-state index contributed by atoms with van der Waals surface area (Å²) >= 11 is -1.09. The van der Waals surface area contributed by atoms with Crippen LogP contribution in [0, 0.1) is 22.7 Å². The lowest BCUT2D eigenvalue weighted by atomic mass is 9.74. The first-order valence-corrected chi connectivity index (χ1v) is 24.2. The summed E-state index contributed by atoms with van der Waals surface area (Å²) in [7, 11) is 1.79. The number of hydrogen-bond donors (Lipinski definition) is 2. The maximum atomic E-state index is 13.6. The lowest BCUT2D eigenvalue weighted by molar-refractivity contribution is -0.124. The molecule has 1 spiro atoms. The van der Waals surface area contributed by atoms with Crippen molar-refractivity contribution in [1.82, 2.24) is 38.2 Å². The number of aliphatic imine (C=N–C) groups is 2. The molecule has 2 aromatic rings. The van der Waals surface area contributed by atoms with Crippen LogP contribution in [0.1, 0.15) is 90.5 Å². The Hall–Kier alpha value is -3.96. The number of amides is 2. The molecule has 2 aliphatic carbocycles. The second kappa shape index (κ2) is 17.5. The van der Waals surface area contributed by atoms with Gasteiger partial charge < -0.3 is 15.1 Å². The van der Waals surface area contributed by atoms with Crippen LogP contribution in [0.15, 0.2) is 56.6 Å². The van der Waals surface area contributed by atoms with Gasteiger partial charge in [-0.15, -0.1) is 0 Å². The number of piperidine rings is 3. The van der Waals surface area contributed by atoms with E-state index in [9.17, 15) is 18.6 Å². The van der Waals surface area contributed by atoms with E-state index in [2.05, 4.69) is 73.3 Å². The quantitative estimate of drug-likeness (QED) is 0.202. The van der Waals surface area contributed by atoms with Crippen molar-refractivity contribution >= 4 is 53.1 Å². The third-order valence-corrected chi connectivity index (χ3v) is 17.0. The molecular formula is C46H67N11O4S. The van der Waals surface area contributed by atoms with E-state index >= 15 is 0 Å². The SMILES string of the molecule is C=N/C(=C(\C=N/CNC1CCN(S(=O)N2CC3(CN(CC4CCN(c5ccc6c(c5)n(C)c(=O)n6C5CCC(=C)NC5=O)CC4)C3)C2)CC1)C1(C)CC1)N(C=O)C1CCCC1C. The first-order chi connectivity index (χ1) is 29.9. The number of benzene rings is 1. The van der Waals surface area contributed by atoms with Gasteiger partial charge in [-0.05, 0) is 106 Å². The van der Waals surface area contributed by atoms with E-state index in [1.807, 2.05) is 17.2 Å². The van der Waals surface area contributed by atoms with E-state index in [0.29, 0.717) is 48.9 Å². The van der Waals surface area contributed by atoms with Crippen LogP contribution in [0.4, 0.5) is 5.69 Å². The zero-order valence-corrected chi connectivity index (χ0v) is 37.9. The predicted molar refractivity (Wildman–Crippen MR) is 246 cm³/mol. The number of nitrogens with one attached hydrogen (secondary N) is 2. The van der Waals surface area contributed by atoms with E-state index in [1.165, 1.54) is 0 Å². The van der Waals surface area contributed by atoms with Crippen LogP contribution in [-0.2, 0) is 27.8 Å². The molecule has 0 radical (unpaired) electrons. The molecule has 15 nitrogen and oxygen atoms in total. The normalized spacial score (nSPS) is 28.2. The van der Waals surface area contributed by atoms with Gasteiger partial charge in [-0.25, -0.2) is 22.6 Å². The fraction of sp³-hybridized carbons (Fsp3) is 0.674. The van der Waals surface area contributed by atoms with Gasteiger partial charge in [-0.1, -0.05) is 26.8 Å². The average Bonchev–Trinajstić information content (AvgIpc) is 3.77. The summed E-state index contributed by atoms with van der Waals surface area (Å²) in [6, 6.07) is 6.18. The monoisotopic (exact) mass is 870 g/mol. The molecule has 2 amide bonds. The lowest BCUT2D eigenvalue weighted by Crippen LogP contribution is -2.73. The van der Waals surface area contributed by atoms with Crippen molar-refractivity contribution in [1.29, 1.82) is 0 Å². The Morgan fingerprint density at radius 1 is 1.00 bits per heavy atom. The molecule has 5 saturated heterocycles. The Bertz CT molecular complexity index is 2200. The van der Waals surface area contributed by atoms with Gasteiger partial charge in [0.25, 0.3) is 0 Å². The van der Waals surface area contributed by atoms with E-state index < -0.39 is 17.2 Å². The van der Waals surface area contributed by atoms with Crippen molar-refractivity contribution in [3.8, 4) is 0 Å². The number of anilines is 1. The molecule has 9 rings (SSSR count). The molecule has 7 fully saturated rings. The second-order valence-corrected chi connectivity index (χ2v) is 21.5. The minimum Gasteiger partial charge on any atom is -0.371 e. The molecule has 2 saturated carbocycles. The molecular weight excluding hydrogens is 803 g/mol. The zero-order chi connectivity index (χ0) is 43.3. The molecule has 7 aliphatic rings. The highest BCUT2D eigenvalue weighted by Gasteiger charge is 2.54. The van der Waals surface area contributed by atoms with Gasteiger partial charge in [-0.2, -0.15) is 0 Å². The van der Waals surface area contributed by atoms with Crippen molar-refractivity contribution in [3.63, 3.8) is 0 Å². The molecule has 336 valence electrons. The number of likely N-dealkylation sites (tertiary alicyclic amines) is 1. The van der Waals surface area contributed by atoms with Crippen LogP contribution in [0.25, 0.3) is 11.0 Å². The molecule has 2 N–H and O–H groups in total. The topological polar surface area (TPSA) is 143 Å². The van der Waals surface area contributed by atoms with Crippen LogP contribution < -0.4 is 21.2 Å². The Labute approximate surface area is 369 Å². The van der Waals surface area contributed by atoms with Crippen LogP contribution in [-0.4, -0.2) is 135 Å². The van der Waals surface area contributed by atoms with Crippen LogP contribution in [0.3, 0.4) is 0 Å². The van der Waals surface area contributed by atoms with E-state index in [1.54, 1.807) is 16.2 Å². The van der Waals surface area contributed by atoms with Crippen molar-refractivity contribution in [2.24, 2.45) is 39.7 Å². The predicted octanol–water partition coefficient (Wildman–Crippen LogP) is 4.16. The Balaban J connectivity index is 0.689. The number of nitrogens with zero attached hydrogens (tertiary/aromatic N) is 9. The number of imidazole rings is 1. The maximum absolute atomic E-state index is 13.6. The van der Waals surface area contributed by atoms with Crippen molar-refractivity contribution < 1.29 is 13.8 Å². The van der Waals surface area contributed by atoms with Gasteiger partial charge in [0.1, 0.15) is 11.9 Å². The number of carbonyl (C=O) groups excluding carboxylic acids is 2. The second-order valence-electron chi connectivity index (χ2n) is 20.0. The number of allylic oxidation sites excluding steroid dienone is 2. The summed E-state index contributed by atoms with van der Waals surface area (Å²) in [6.07, 6.45) is 13.6. The molecule has 6 heterocycles. The summed E-state index contributed by atoms with van der Waals surface area (Å²) < 4.78 is 21.2. The summed E-state index contributed by atoms with van der Waals surface area (Å²) in [5, 5.41) is 6.44. The number of hydrogen-bond acceptors (Lipinski definition) is 9. The summed E-state index contributed by atoms with van der Waals surface area (Å²) in [5.74, 6) is 1.61. The fourth-order valence-corrected chi connectivity index (χ4v) is 13.0. The summed E-state index contributed by atoms with van der Waals surface area (Å²) in [4.78, 5) is 54.4. The Kier molecular flexibility index (Phi) is 12.3. The van der Waals surface area contributed by atoms with E-state index in [-0.39, 0.29) is 28.5 Å². The molecule has 1 aromatic carbocycles. The molecule has 4 atom stereocenters. The van der Waals surface area contributed by atoms with Gasteiger partial charge in [0.15, 0.2) is 11.2 Å². The largest absolute Gasteiger partial charge is 0.371 e. The van der Waals surface area contributed by atoms with Gasteiger partial charge in [0, 0.05) is 107 Å². The highest BCUT2D eigenvalue weighted by Crippen LogP contribution is 2.52. The highest BCUT2D eigenvalue weighted by atomic mass is 32.2. The third-order valence-electron chi connectivity index (χ3n) is 15.5. The van der Waals surface area contributed by atoms with Gasteiger partial charge in [0.2, 0.25) is 12.3 Å². The van der Waals surface area contributed by atoms with E-state index in [4.69, 9.17) is 4.99 Å². The smallest absolute Gasteiger partial charge is 0.329 e. The molecule has 4 unspecified atom stereocenters. The first kappa shape index (κ1) is 43.3. The number of fused-ring (bicyclic) bond motifs is 1. The van der Waals surface area contributed by atoms with Gasteiger partial charge >= 0.3 is 5.69 Å². The number of rotatable bonds is 15. The van der Waals surface area contributed by atoms with Crippen LogP contribution >= 0.6 is 0 Å². The number of carbonyl (C=O) groups is 2. The van der Waals surface area contributed by atoms with Crippen LogP contribution in [0.5, 0.6) is 0 Å². The lowest BCUT2D eigenvalue weighted by Gasteiger charge is -2.60. The highest BCUT2D eigenvalue weighted by molar-refractivity contribution is 7.80. The molecule has 0 bridgehead atoms. The van der Waals surface area contributed by atoms with Gasteiger partial charge in [-0.3, -0.25) is 33.9 Å². The summed E-state index contributed by atoms with van der Waals surface area (Å²) in [6.45, 7) is 21.4. The van der Waals surface area contributed by atoms with Crippen molar-refractivity contribution in [2.45, 2.75) is 103 Å². The van der Waals surface area contributed by atoms with Gasteiger partial charge in [0.05, 0.1) is 17.7 Å². The van der Waals surface area contributed by atoms with E-state index in [0.717, 1.165) is 145 Å². The number of aryl methyl sites for hydroxylation is 1. The minimum absolute atomic E-state index is 0.0163. The Morgan fingerprint density at radius 2 is 1.74 bits per heavy atom. The molecule has 5 aliphatic heterocycles. The Morgan fingerprint density at radius 3 is 2.39 bits per heavy atom. The molecule has 62 heavy (non-hydrogen) atoms. The fourth-order valence-electron chi connectivity index (χ4n) is 11.4. The number of aromatic nitrogens is 2. The van der Waals surface area contributed by atoms with Crippen molar-refractivity contribution in [2.75, 3.05) is 70.5 Å². The first-order valence-electron chi connectivity index (χ1n) is 23.2. The molecule has 16 heteroatoms. The zero-order valence-electron chi connectivity index (χ0n) is 37.1. The third kappa shape index (κ3) is 8.41. The minimum atomic E-state index is -1.09. The van der Waals surface area contributed by atoms with Crippen molar-refractivity contribution in [3.05, 3.63) is 52.4 Å². The summed E-state index contributed by atoms with van der Waals surface area (Å²) in [5.41, 5.74) is 4.60. The standard InChI is InChI=1S/C46H67N11O4S/c1-32-7-6-8-38(32)56(31-58)42(47-4)37(45(3)17-18-45)24-48-30-49-35-15-21-54(22-16-35)62(61)55-28-46(29-55)26-52(27-46)25-34-13-19-53(20-14-34)36-10-12-39-41(23-36)51(5)44(60)57(39)40-11-9-33(2)50-43(40)59/h10,12,23-24,31-32,34-35,38,40,49H,2,4,6-9,11,13-22,25-30H2,1,3,5H3,(H,50,59)/b42-37-,48-24-. The average molecular weight is 870 g/mol.